The number of rotatable bonds is 7. The van der Waals surface area contributed by atoms with E-state index in [2.05, 4.69) is 14.9 Å². The summed E-state index contributed by atoms with van der Waals surface area (Å²) in [6.45, 7) is 3.12. The maximum absolute atomic E-state index is 11.5. The van der Waals surface area contributed by atoms with Gasteiger partial charge in [0.25, 0.3) is 0 Å². The summed E-state index contributed by atoms with van der Waals surface area (Å²) in [5.74, 6) is 2.16. The molecule has 5 nitrogen and oxygen atoms in total. The van der Waals surface area contributed by atoms with Crippen molar-refractivity contribution >= 4 is 28.5 Å². The van der Waals surface area contributed by atoms with Crippen molar-refractivity contribution in [2.75, 3.05) is 19.5 Å². The fourth-order valence-corrected chi connectivity index (χ4v) is 2.47. The summed E-state index contributed by atoms with van der Waals surface area (Å²) >= 11 is 5.86. The summed E-state index contributed by atoms with van der Waals surface area (Å²) in [6, 6.07) is 5.84. The van der Waals surface area contributed by atoms with Crippen LogP contribution in [0.4, 0.5) is 0 Å². The van der Waals surface area contributed by atoms with Crippen LogP contribution in [0, 0.1) is 0 Å². The zero-order chi connectivity index (χ0) is 15.2. The predicted molar refractivity (Wildman–Crippen MR) is 84.0 cm³/mol. The Balaban J connectivity index is 2.42. The molecule has 114 valence electrons. The van der Waals surface area contributed by atoms with E-state index in [9.17, 15) is 4.79 Å². The first-order valence-corrected chi connectivity index (χ1v) is 7.62. The van der Waals surface area contributed by atoms with Crippen molar-refractivity contribution in [3.05, 3.63) is 24.0 Å². The number of nitrogens with one attached hydrogen (secondary N) is 1. The molecule has 1 aromatic heterocycles. The second kappa shape index (κ2) is 7.31. The van der Waals surface area contributed by atoms with Crippen molar-refractivity contribution in [2.45, 2.75) is 26.3 Å². The van der Waals surface area contributed by atoms with Gasteiger partial charge in [0.15, 0.2) is 0 Å². The SMILES string of the molecule is CCOc1cccc2c1nc(CCCl)n2CCC(=O)NC. The number of benzene rings is 1. The average molecular weight is 310 g/mol. The molecule has 0 bridgehead atoms. The Labute approximate surface area is 129 Å². The molecule has 0 radical (unpaired) electrons. The van der Waals surface area contributed by atoms with E-state index in [4.69, 9.17) is 16.3 Å². The van der Waals surface area contributed by atoms with Crippen molar-refractivity contribution in [1.82, 2.24) is 14.9 Å². The van der Waals surface area contributed by atoms with Gasteiger partial charge in [-0.25, -0.2) is 4.98 Å². The molecule has 1 amide bonds. The van der Waals surface area contributed by atoms with Crippen LogP contribution in [0.5, 0.6) is 5.75 Å². The molecular weight excluding hydrogens is 290 g/mol. The molecule has 0 aliphatic carbocycles. The zero-order valence-electron chi connectivity index (χ0n) is 12.4. The second-order valence-corrected chi connectivity index (χ2v) is 4.98. The van der Waals surface area contributed by atoms with Crippen LogP contribution in [0.1, 0.15) is 19.2 Å². The van der Waals surface area contributed by atoms with Crippen LogP contribution in [-0.2, 0) is 17.8 Å². The lowest BCUT2D eigenvalue weighted by atomic mass is 10.3. The minimum Gasteiger partial charge on any atom is -0.492 e. The fourth-order valence-electron chi connectivity index (χ4n) is 2.30. The minimum atomic E-state index is 0.00892. The maximum Gasteiger partial charge on any atom is 0.221 e. The van der Waals surface area contributed by atoms with Crippen LogP contribution in [0.15, 0.2) is 18.2 Å². The fraction of sp³-hybridized carbons (Fsp3) is 0.467. The van der Waals surface area contributed by atoms with Gasteiger partial charge in [0, 0.05) is 32.3 Å². The number of aromatic nitrogens is 2. The summed E-state index contributed by atoms with van der Waals surface area (Å²) in [4.78, 5) is 16.1. The van der Waals surface area contributed by atoms with E-state index >= 15 is 0 Å². The number of fused-ring (bicyclic) bond motifs is 1. The maximum atomic E-state index is 11.5. The van der Waals surface area contributed by atoms with Crippen molar-refractivity contribution in [1.29, 1.82) is 0 Å². The van der Waals surface area contributed by atoms with E-state index in [1.54, 1.807) is 7.05 Å². The average Bonchev–Trinajstić information content (AvgIpc) is 2.84. The van der Waals surface area contributed by atoms with Crippen molar-refractivity contribution < 1.29 is 9.53 Å². The molecule has 1 heterocycles. The third kappa shape index (κ3) is 3.47. The number of halogens is 1. The second-order valence-electron chi connectivity index (χ2n) is 4.60. The van der Waals surface area contributed by atoms with E-state index in [0.29, 0.717) is 31.9 Å². The molecule has 0 aliphatic rings. The zero-order valence-corrected chi connectivity index (χ0v) is 13.1. The summed E-state index contributed by atoms with van der Waals surface area (Å²) < 4.78 is 7.68. The largest absolute Gasteiger partial charge is 0.492 e. The number of hydrogen-bond acceptors (Lipinski definition) is 3. The number of para-hydroxylation sites is 1. The number of alkyl halides is 1. The highest BCUT2D eigenvalue weighted by molar-refractivity contribution is 6.17. The van der Waals surface area contributed by atoms with Crippen LogP contribution >= 0.6 is 11.6 Å². The first-order chi connectivity index (χ1) is 10.2. The smallest absolute Gasteiger partial charge is 0.221 e. The molecule has 0 aliphatic heterocycles. The lowest BCUT2D eigenvalue weighted by Crippen LogP contribution is -2.20. The van der Waals surface area contributed by atoms with Crippen LogP contribution < -0.4 is 10.1 Å². The molecule has 2 rings (SSSR count). The van der Waals surface area contributed by atoms with E-state index in [0.717, 1.165) is 22.6 Å². The van der Waals surface area contributed by atoms with Gasteiger partial charge in [0.2, 0.25) is 5.91 Å². The minimum absolute atomic E-state index is 0.00892. The topological polar surface area (TPSA) is 56.2 Å². The molecule has 21 heavy (non-hydrogen) atoms. The van der Waals surface area contributed by atoms with Crippen LogP contribution in [0.3, 0.4) is 0 Å². The highest BCUT2D eigenvalue weighted by atomic mass is 35.5. The molecule has 0 saturated carbocycles. The first-order valence-electron chi connectivity index (χ1n) is 7.08. The predicted octanol–water partition coefficient (Wildman–Crippen LogP) is 2.35. The van der Waals surface area contributed by atoms with Crippen molar-refractivity contribution in [3.63, 3.8) is 0 Å². The number of imidazole rings is 1. The lowest BCUT2D eigenvalue weighted by molar-refractivity contribution is -0.120. The Hall–Kier alpha value is -1.75. The number of carbonyl (C=O) groups excluding carboxylic acids is 1. The molecule has 1 N–H and O–H groups in total. The van der Waals surface area contributed by atoms with Gasteiger partial charge in [0.05, 0.1) is 12.1 Å². The van der Waals surface area contributed by atoms with Gasteiger partial charge in [0.1, 0.15) is 17.1 Å². The van der Waals surface area contributed by atoms with Gasteiger partial charge >= 0.3 is 0 Å². The van der Waals surface area contributed by atoms with E-state index < -0.39 is 0 Å². The Kier molecular flexibility index (Phi) is 5.44. The number of amides is 1. The van der Waals surface area contributed by atoms with Crippen LogP contribution in [-0.4, -0.2) is 35.0 Å². The summed E-state index contributed by atoms with van der Waals surface area (Å²) in [6.07, 6.45) is 1.08. The molecule has 6 heteroatoms. The number of hydrogen-bond donors (Lipinski definition) is 1. The van der Waals surface area contributed by atoms with Crippen LogP contribution in [0.2, 0.25) is 0 Å². The Bertz CT molecular complexity index is 625. The van der Waals surface area contributed by atoms with Crippen molar-refractivity contribution in [3.8, 4) is 5.75 Å². The number of aryl methyl sites for hydroxylation is 2. The lowest BCUT2D eigenvalue weighted by Gasteiger charge is -2.08. The van der Waals surface area contributed by atoms with Gasteiger partial charge in [-0.15, -0.1) is 11.6 Å². The monoisotopic (exact) mass is 309 g/mol. The number of ether oxygens (including phenoxy) is 1. The van der Waals surface area contributed by atoms with Gasteiger partial charge in [-0.05, 0) is 19.1 Å². The Morgan fingerprint density at radius 2 is 2.29 bits per heavy atom. The highest BCUT2D eigenvalue weighted by Gasteiger charge is 2.14. The molecule has 0 atom stereocenters. The third-order valence-corrected chi connectivity index (χ3v) is 3.47. The molecule has 2 aromatic rings. The van der Waals surface area contributed by atoms with Crippen molar-refractivity contribution in [2.24, 2.45) is 0 Å². The first kappa shape index (κ1) is 15.6. The molecule has 0 fully saturated rings. The molecule has 0 saturated heterocycles. The molecule has 1 aromatic carbocycles. The van der Waals surface area contributed by atoms with Crippen LogP contribution in [0.25, 0.3) is 11.0 Å². The summed E-state index contributed by atoms with van der Waals surface area (Å²) in [7, 11) is 1.64. The standard InChI is InChI=1S/C15H20ClN3O2/c1-3-21-12-6-4-5-11-15(12)18-13(7-9-16)19(11)10-8-14(20)17-2/h4-6H,3,7-10H2,1-2H3,(H,17,20). The van der Waals surface area contributed by atoms with Gasteiger partial charge in [-0.1, -0.05) is 6.07 Å². The Morgan fingerprint density at radius 1 is 1.48 bits per heavy atom. The quantitative estimate of drug-likeness (QED) is 0.799. The van der Waals surface area contributed by atoms with Gasteiger partial charge in [-0.3, -0.25) is 4.79 Å². The Morgan fingerprint density at radius 3 is 2.95 bits per heavy atom. The third-order valence-electron chi connectivity index (χ3n) is 3.28. The van der Waals surface area contributed by atoms with Gasteiger partial charge in [-0.2, -0.15) is 0 Å². The van der Waals surface area contributed by atoms with E-state index in [1.165, 1.54) is 0 Å². The highest BCUT2D eigenvalue weighted by Crippen LogP contribution is 2.26. The van der Waals surface area contributed by atoms with Gasteiger partial charge < -0.3 is 14.6 Å². The molecular formula is C15H20ClN3O2. The molecule has 0 spiro atoms. The number of carbonyl (C=O) groups is 1. The summed E-state index contributed by atoms with van der Waals surface area (Å²) in [5, 5.41) is 2.64. The molecule has 0 unspecified atom stereocenters. The normalized spacial score (nSPS) is 10.8. The number of nitrogens with zero attached hydrogens (tertiary/aromatic N) is 2. The van der Waals surface area contributed by atoms with E-state index in [1.807, 2.05) is 25.1 Å². The summed E-state index contributed by atoms with van der Waals surface area (Å²) in [5.41, 5.74) is 1.81. The van der Waals surface area contributed by atoms with E-state index in [-0.39, 0.29) is 5.91 Å².